The Kier molecular flexibility index (Phi) is 4.32. The lowest BCUT2D eigenvalue weighted by atomic mass is 10.1. The van der Waals surface area contributed by atoms with Crippen LogP contribution in [0.25, 0.3) is 0 Å². The summed E-state index contributed by atoms with van der Waals surface area (Å²) in [5.41, 5.74) is 1.16. The molecule has 0 aliphatic heterocycles. The van der Waals surface area contributed by atoms with Gasteiger partial charge in [0, 0.05) is 30.9 Å². The highest BCUT2D eigenvalue weighted by molar-refractivity contribution is 5.09. The number of nitriles is 1. The maximum absolute atomic E-state index is 8.65. The van der Waals surface area contributed by atoms with Gasteiger partial charge < -0.3 is 5.32 Å². The van der Waals surface area contributed by atoms with Crippen LogP contribution in [0.2, 0.25) is 0 Å². The molecule has 0 aromatic carbocycles. The molecule has 82 valence electrons. The smallest absolute Gasteiger partial charge is 0.0638 e. The van der Waals surface area contributed by atoms with Crippen molar-refractivity contribution in [3.63, 3.8) is 0 Å². The lowest BCUT2D eigenvalue weighted by Gasteiger charge is -2.18. The lowest BCUT2D eigenvalue weighted by Crippen LogP contribution is -2.30. The third kappa shape index (κ3) is 3.37. The van der Waals surface area contributed by atoms with Crippen LogP contribution in [0.15, 0.2) is 12.4 Å². The fourth-order valence-corrected chi connectivity index (χ4v) is 1.54. The Morgan fingerprint density at radius 2 is 2.40 bits per heavy atom. The minimum atomic E-state index is 0.247. The monoisotopic (exact) mass is 206 g/mol. The van der Waals surface area contributed by atoms with Crippen LogP contribution < -0.4 is 5.32 Å². The van der Waals surface area contributed by atoms with Gasteiger partial charge in [0.15, 0.2) is 0 Å². The molecule has 2 unspecified atom stereocenters. The molecule has 1 aromatic heterocycles. The summed E-state index contributed by atoms with van der Waals surface area (Å²) >= 11 is 0. The van der Waals surface area contributed by atoms with Gasteiger partial charge in [-0.15, -0.1) is 0 Å². The lowest BCUT2D eigenvalue weighted by molar-refractivity contribution is 0.448. The summed E-state index contributed by atoms with van der Waals surface area (Å²) < 4.78 is 1.79. The van der Waals surface area contributed by atoms with E-state index < -0.39 is 0 Å². The van der Waals surface area contributed by atoms with Gasteiger partial charge in [0.2, 0.25) is 0 Å². The van der Waals surface area contributed by atoms with Crippen LogP contribution in [0.4, 0.5) is 0 Å². The second-order valence-electron chi connectivity index (χ2n) is 3.80. The van der Waals surface area contributed by atoms with E-state index in [1.165, 1.54) is 0 Å². The van der Waals surface area contributed by atoms with E-state index in [4.69, 9.17) is 5.26 Å². The molecule has 4 nitrogen and oxygen atoms in total. The predicted octanol–water partition coefficient (Wildman–Crippen LogP) is 1.76. The minimum absolute atomic E-state index is 0.247. The van der Waals surface area contributed by atoms with Crippen molar-refractivity contribution < 1.29 is 0 Å². The van der Waals surface area contributed by atoms with Gasteiger partial charge in [-0.1, -0.05) is 6.92 Å². The summed E-state index contributed by atoms with van der Waals surface area (Å²) in [5.74, 6) is 0. The number of aromatic nitrogens is 2. The Balaban J connectivity index is 2.54. The first kappa shape index (κ1) is 11.7. The number of nitrogens with zero attached hydrogens (tertiary/aromatic N) is 3. The van der Waals surface area contributed by atoms with Crippen LogP contribution in [0, 0.1) is 11.3 Å². The van der Waals surface area contributed by atoms with E-state index in [0.717, 1.165) is 12.0 Å². The van der Waals surface area contributed by atoms with Crippen molar-refractivity contribution in [2.75, 3.05) is 0 Å². The molecule has 2 atom stereocenters. The second-order valence-corrected chi connectivity index (χ2v) is 3.80. The second kappa shape index (κ2) is 5.52. The standard InChI is InChI=1S/C11H18N4/c1-4-11(5-6-12)14-9(2)10-7-13-15(3)8-10/h7-9,11,14H,4-5H2,1-3H3. The topological polar surface area (TPSA) is 53.6 Å². The number of nitrogens with one attached hydrogen (secondary N) is 1. The highest BCUT2D eigenvalue weighted by Gasteiger charge is 2.12. The van der Waals surface area contributed by atoms with Crippen LogP contribution in [-0.2, 0) is 7.05 Å². The van der Waals surface area contributed by atoms with E-state index >= 15 is 0 Å². The van der Waals surface area contributed by atoms with Crippen molar-refractivity contribution in [3.8, 4) is 6.07 Å². The normalized spacial score (nSPS) is 14.5. The molecule has 0 radical (unpaired) electrons. The van der Waals surface area contributed by atoms with Gasteiger partial charge in [0.1, 0.15) is 0 Å². The quantitative estimate of drug-likeness (QED) is 0.798. The molecular formula is C11H18N4. The number of hydrogen-bond donors (Lipinski definition) is 1. The van der Waals surface area contributed by atoms with Crippen LogP contribution in [0.3, 0.4) is 0 Å². The van der Waals surface area contributed by atoms with Crippen LogP contribution >= 0.6 is 0 Å². The summed E-state index contributed by atoms with van der Waals surface area (Å²) in [4.78, 5) is 0. The SMILES string of the molecule is CCC(CC#N)NC(C)c1cnn(C)c1. The first-order chi connectivity index (χ1) is 7.17. The average Bonchev–Trinajstić information content (AvgIpc) is 2.64. The number of aryl methyl sites for hydroxylation is 1. The molecule has 1 N–H and O–H groups in total. The molecule has 0 amide bonds. The highest BCUT2D eigenvalue weighted by atomic mass is 15.2. The van der Waals surface area contributed by atoms with E-state index in [2.05, 4.69) is 30.3 Å². The fraction of sp³-hybridized carbons (Fsp3) is 0.636. The molecule has 0 saturated carbocycles. The molecule has 0 aliphatic rings. The van der Waals surface area contributed by atoms with Crippen LogP contribution in [0.1, 0.15) is 38.3 Å². The minimum Gasteiger partial charge on any atom is -0.306 e. The number of rotatable bonds is 5. The molecule has 1 heterocycles. The summed E-state index contributed by atoms with van der Waals surface area (Å²) in [5, 5.41) is 16.2. The fourth-order valence-electron chi connectivity index (χ4n) is 1.54. The van der Waals surface area contributed by atoms with Gasteiger partial charge in [-0.3, -0.25) is 4.68 Å². The van der Waals surface area contributed by atoms with E-state index in [1.807, 2.05) is 19.4 Å². The van der Waals surface area contributed by atoms with Gasteiger partial charge in [-0.2, -0.15) is 10.4 Å². The Morgan fingerprint density at radius 3 is 2.87 bits per heavy atom. The zero-order chi connectivity index (χ0) is 11.3. The molecule has 15 heavy (non-hydrogen) atoms. The summed E-state index contributed by atoms with van der Waals surface area (Å²) in [6, 6.07) is 2.71. The largest absolute Gasteiger partial charge is 0.306 e. The van der Waals surface area contributed by atoms with Gasteiger partial charge in [-0.25, -0.2) is 0 Å². The average molecular weight is 206 g/mol. The van der Waals surface area contributed by atoms with E-state index in [1.54, 1.807) is 4.68 Å². The maximum atomic E-state index is 8.65. The Hall–Kier alpha value is -1.34. The summed E-state index contributed by atoms with van der Waals surface area (Å²) in [6.07, 6.45) is 5.38. The van der Waals surface area contributed by atoms with Gasteiger partial charge in [-0.05, 0) is 13.3 Å². The zero-order valence-electron chi connectivity index (χ0n) is 9.57. The van der Waals surface area contributed by atoms with E-state index in [0.29, 0.717) is 6.42 Å². The molecule has 0 bridgehead atoms. The Bertz CT molecular complexity index is 337. The van der Waals surface area contributed by atoms with Gasteiger partial charge >= 0.3 is 0 Å². The molecular weight excluding hydrogens is 188 g/mol. The molecule has 0 aliphatic carbocycles. The molecule has 1 rings (SSSR count). The summed E-state index contributed by atoms with van der Waals surface area (Å²) in [7, 11) is 1.91. The Labute approximate surface area is 90.9 Å². The highest BCUT2D eigenvalue weighted by Crippen LogP contribution is 2.12. The summed E-state index contributed by atoms with van der Waals surface area (Å²) in [6.45, 7) is 4.18. The molecule has 4 heteroatoms. The van der Waals surface area contributed by atoms with Crippen molar-refractivity contribution >= 4 is 0 Å². The van der Waals surface area contributed by atoms with Crippen molar-refractivity contribution in [2.45, 2.75) is 38.8 Å². The Morgan fingerprint density at radius 1 is 1.67 bits per heavy atom. The van der Waals surface area contributed by atoms with Crippen LogP contribution in [-0.4, -0.2) is 15.8 Å². The first-order valence-electron chi connectivity index (χ1n) is 5.29. The zero-order valence-corrected chi connectivity index (χ0v) is 9.57. The van der Waals surface area contributed by atoms with E-state index in [9.17, 15) is 0 Å². The molecule has 1 aromatic rings. The molecule has 0 spiro atoms. The van der Waals surface area contributed by atoms with Gasteiger partial charge in [0.05, 0.1) is 18.7 Å². The van der Waals surface area contributed by atoms with Crippen molar-refractivity contribution in [1.82, 2.24) is 15.1 Å². The van der Waals surface area contributed by atoms with Crippen molar-refractivity contribution in [1.29, 1.82) is 5.26 Å². The maximum Gasteiger partial charge on any atom is 0.0638 e. The molecule has 0 fully saturated rings. The predicted molar refractivity (Wildman–Crippen MR) is 59.1 cm³/mol. The van der Waals surface area contributed by atoms with Crippen molar-refractivity contribution in [2.24, 2.45) is 7.05 Å². The third-order valence-electron chi connectivity index (χ3n) is 2.54. The van der Waals surface area contributed by atoms with E-state index in [-0.39, 0.29) is 12.1 Å². The van der Waals surface area contributed by atoms with Crippen molar-refractivity contribution in [3.05, 3.63) is 18.0 Å². The number of hydrogen-bond acceptors (Lipinski definition) is 3. The van der Waals surface area contributed by atoms with Gasteiger partial charge in [0.25, 0.3) is 0 Å². The first-order valence-corrected chi connectivity index (χ1v) is 5.29. The molecule has 0 saturated heterocycles. The van der Waals surface area contributed by atoms with Crippen LogP contribution in [0.5, 0.6) is 0 Å². The third-order valence-corrected chi connectivity index (χ3v) is 2.54.